The molecule has 0 aromatic carbocycles. The Bertz CT molecular complexity index is 336. The smallest absolute Gasteiger partial charge is 0.338 e. The van der Waals surface area contributed by atoms with Crippen molar-refractivity contribution in [3.63, 3.8) is 0 Å². The fourth-order valence-corrected chi connectivity index (χ4v) is 0.808. The maximum absolute atomic E-state index is 8.20. The summed E-state index contributed by atoms with van der Waals surface area (Å²) in [6.07, 6.45) is 1.44. The van der Waals surface area contributed by atoms with Crippen LogP contribution in [0.4, 0.5) is 5.95 Å². The molecule has 1 aromatic rings. The highest BCUT2D eigenvalue weighted by atomic mass is 35.5. The Labute approximate surface area is 79.5 Å². The first-order valence-corrected chi connectivity index (χ1v) is 3.85. The molecule has 1 N–H and O–H groups in total. The second-order valence-electron chi connectivity index (χ2n) is 1.93. The van der Waals surface area contributed by atoms with E-state index >= 15 is 0 Å². The van der Waals surface area contributed by atoms with Crippen LogP contribution in [0.2, 0.25) is 5.28 Å². The highest BCUT2D eigenvalue weighted by Crippen LogP contribution is 2.10. The molecule has 1 rings (SSSR count). The van der Waals surface area contributed by atoms with Gasteiger partial charge in [-0.05, 0) is 18.5 Å². The van der Waals surface area contributed by atoms with E-state index in [0.29, 0.717) is 6.54 Å². The predicted octanol–water partition coefficient (Wildman–Crippen LogP) is 0.817. The second kappa shape index (κ2) is 4.42. The lowest BCUT2D eigenvalue weighted by Crippen LogP contribution is -2.04. The van der Waals surface area contributed by atoms with Crippen molar-refractivity contribution >= 4 is 17.5 Å². The van der Waals surface area contributed by atoms with Crippen molar-refractivity contribution in [2.75, 3.05) is 11.9 Å². The number of nitrogens with zero attached hydrogens (tertiary/aromatic N) is 4. The van der Waals surface area contributed by atoms with Gasteiger partial charge in [0.05, 0.1) is 0 Å². The number of nitriles is 1. The van der Waals surface area contributed by atoms with E-state index in [1.54, 1.807) is 0 Å². The molecule has 1 aromatic heterocycles. The molecule has 0 spiro atoms. The Morgan fingerprint density at radius 2 is 2.31 bits per heavy atom. The Balaban J connectivity index is 2.91. The van der Waals surface area contributed by atoms with Gasteiger partial charge < -0.3 is 10.1 Å². The molecule has 0 saturated carbocycles. The van der Waals surface area contributed by atoms with Gasteiger partial charge in [0.2, 0.25) is 11.2 Å². The Morgan fingerprint density at radius 3 is 2.92 bits per heavy atom. The Kier molecular flexibility index (Phi) is 3.23. The summed E-state index contributed by atoms with van der Waals surface area (Å²) in [6.45, 7) is 2.52. The molecule has 13 heavy (non-hydrogen) atoms. The number of hydrogen-bond donors (Lipinski definition) is 1. The molecule has 0 atom stereocenters. The summed E-state index contributed by atoms with van der Waals surface area (Å²) in [6, 6.07) is -0.113. The normalized spacial score (nSPS) is 9.00. The van der Waals surface area contributed by atoms with Crippen molar-refractivity contribution in [3.8, 4) is 12.3 Å². The number of halogens is 1. The van der Waals surface area contributed by atoms with Gasteiger partial charge >= 0.3 is 6.01 Å². The first-order chi connectivity index (χ1) is 6.26. The van der Waals surface area contributed by atoms with E-state index in [2.05, 4.69) is 25.0 Å². The fraction of sp³-hybridized carbons (Fsp3) is 0.333. The summed E-state index contributed by atoms with van der Waals surface area (Å²) < 4.78 is 4.39. The number of hydrogen-bond acceptors (Lipinski definition) is 6. The summed E-state index contributed by atoms with van der Waals surface area (Å²) in [4.78, 5) is 11.1. The molecule has 0 saturated heterocycles. The molecular formula is C6H6ClN5O. The van der Waals surface area contributed by atoms with Crippen molar-refractivity contribution in [2.45, 2.75) is 6.92 Å². The van der Waals surface area contributed by atoms with E-state index in [4.69, 9.17) is 16.9 Å². The van der Waals surface area contributed by atoms with Crippen LogP contribution in [-0.2, 0) is 0 Å². The van der Waals surface area contributed by atoms with E-state index in [1.165, 1.54) is 6.26 Å². The zero-order chi connectivity index (χ0) is 9.68. The Morgan fingerprint density at radius 1 is 1.54 bits per heavy atom. The molecular weight excluding hydrogens is 194 g/mol. The molecule has 0 aliphatic heterocycles. The van der Waals surface area contributed by atoms with Crippen LogP contribution in [-0.4, -0.2) is 21.5 Å². The molecule has 0 bridgehead atoms. The first kappa shape index (κ1) is 9.48. The lowest BCUT2D eigenvalue weighted by molar-refractivity contribution is 0.462. The molecule has 6 nitrogen and oxygen atoms in total. The van der Waals surface area contributed by atoms with Gasteiger partial charge in [-0.25, -0.2) is 0 Å². The molecule has 7 heteroatoms. The van der Waals surface area contributed by atoms with Crippen LogP contribution < -0.4 is 10.1 Å². The average Bonchev–Trinajstić information content (AvgIpc) is 2.04. The number of ether oxygens (including phenoxy) is 1. The third kappa shape index (κ3) is 2.72. The van der Waals surface area contributed by atoms with Crippen LogP contribution in [0.25, 0.3) is 0 Å². The van der Waals surface area contributed by atoms with Gasteiger partial charge in [0.1, 0.15) is 0 Å². The average molecular weight is 200 g/mol. The molecule has 68 valence electrons. The third-order valence-electron chi connectivity index (χ3n) is 1.06. The SMILES string of the molecule is CCNc1nc(Cl)nc(OC#N)n1. The monoisotopic (exact) mass is 199 g/mol. The van der Waals surface area contributed by atoms with Gasteiger partial charge in [0.15, 0.2) is 0 Å². The standard InChI is InChI=1S/C6H6ClN5O/c1-2-9-5-10-4(7)11-6(12-5)13-3-8/h2H2,1H3,(H,9,10,11,12). The van der Waals surface area contributed by atoms with E-state index in [1.807, 2.05) is 6.92 Å². The summed E-state index contributed by atoms with van der Waals surface area (Å²) in [5.74, 6) is 0.285. The van der Waals surface area contributed by atoms with Crippen molar-refractivity contribution < 1.29 is 4.74 Å². The molecule has 0 fully saturated rings. The van der Waals surface area contributed by atoms with Crippen LogP contribution in [0.3, 0.4) is 0 Å². The van der Waals surface area contributed by atoms with Crippen molar-refractivity contribution in [3.05, 3.63) is 5.28 Å². The van der Waals surface area contributed by atoms with Gasteiger partial charge in [-0.2, -0.15) is 15.0 Å². The number of anilines is 1. The van der Waals surface area contributed by atoms with Gasteiger partial charge in [-0.3, -0.25) is 0 Å². The van der Waals surface area contributed by atoms with E-state index in [9.17, 15) is 0 Å². The van der Waals surface area contributed by atoms with Crippen LogP contribution in [0.1, 0.15) is 6.92 Å². The van der Waals surface area contributed by atoms with Crippen LogP contribution in [0.5, 0.6) is 6.01 Å². The minimum absolute atomic E-state index is 0.0174. The molecule has 0 aliphatic carbocycles. The summed E-state index contributed by atoms with van der Waals surface area (Å²) >= 11 is 5.53. The minimum Gasteiger partial charge on any atom is -0.354 e. The number of nitrogens with one attached hydrogen (secondary N) is 1. The minimum atomic E-state index is -0.113. The fourth-order valence-electron chi connectivity index (χ4n) is 0.656. The van der Waals surface area contributed by atoms with Gasteiger partial charge in [0, 0.05) is 6.54 Å². The van der Waals surface area contributed by atoms with Crippen LogP contribution in [0.15, 0.2) is 0 Å². The quantitative estimate of drug-likeness (QED) is 0.726. The Hall–Kier alpha value is -1.61. The molecule has 0 unspecified atom stereocenters. The summed E-state index contributed by atoms with van der Waals surface area (Å²) in [7, 11) is 0. The van der Waals surface area contributed by atoms with Gasteiger partial charge in [-0.15, -0.1) is 5.26 Å². The van der Waals surface area contributed by atoms with Crippen LogP contribution >= 0.6 is 11.6 Å². The second-order valence-corrected chi connectivity index (χ2v) is 2.27. The maximum Gasteiger partial charge on any atom is 0.338 e. The molecule has 1 heterocycles. The zero-order valence-corrected chi connectivity index (χ0v) is 7.54. The molecule has 0 aliphatic rings. The topological polar surface area (TPSA) is 83.7 Å². The predicted molar refractivity (Wildman–Crippen MR) is 45.2 cm³/mol. The zero-order valence-electron chi connectivity index (χ0n) is 6.78. The van der Waals surface area contributed by atoms with Crippen molar-refractivity contribution in [2.24, 2.45) is 0 Å². The number of rotatable bonds is 3. The maximum atomic E-state index is 8.20. The van der Waals surface area contributed by atoms with E-state index in [-0.39, 0.29) is 17.2 Å². The molecule has 0 amide bonds. The largest absolute Gasteiger partial charge is 0.354 e. The highest BCUT2D eigenvalue weighted by molar-refractivity contribution is 6.28. The van der Waals surface area contributed by atoms with Gasteiger partial charge in [0.25, 0.3) is 6.26 Å². The highest BCUT2D eigenvalue weighted by Gasteiger charge is 2.04. The summed E-state index contributed by atoms with van der Waals surface area (Å²) in [5, 5.41) is 11.0. The van der Waals surface area contributed by atoms with E-state index in [0.717, 1.165) is 0 Å². The molecule has 0 radical (unpaired) electrons. The van der Waals surface area contributed by atoms with Gasteiger partial charge in [-0.1, -0.05) is 0 Å². The number of aromatic nitrogens is 3. The van der Waals surface area contributed by atoms with Crippen molar-refractivity contribution in [1.82, 2.24) is 15.0 Å². The summed E-state index contributed by atoms with van der Waals surface area (Å²) in [5.41, 5.74) is 0. The lowest BCUT2D eigenvalue weighted by atomic mass is 10.7. The lowest BCUT2D eigenvalue weighted by Gasteiger charge is -2.01. The van der Waals surface area contributed by atoms with Crippen LogP contribution in [0, 0.1) is 11.5 Å². The van der Waals surface area contributed by atoms with E-state index < -0.39 is 0 Å². The van der Waals surface area contributed by atoms with Crippen molar-refractivity contribution in [1.29, 1.82) is 5.26 Å². The third-order valence-corrected chi connectivity index (χ3v) is 1.23. The first-order valence-electron chi connectivity index (χ1n) is 3.47.